The standard InChI is InChI=1S/C17H17FN2O3/c1-23-15-7-2-4-12(10-15)8-9-19-16(21)17(22)20-14-6-3-5-13(18)11-14/h2-7,10-11H,8-9H2,1H3,(H,19,21)(H,20,22). The van der Waals surface area contributed by atoms with Crippen LogP contribution in [-0.4, -0.2) is 25.5 Å². The lowest BCUT2D eigenvalue weighted by molar-refractivity contribution is -0.136. The van der Waals surface area contributed by atoms with E-state index in [1.54, 1.807) is 7.11 Å². The molecule has 5 nitrogen and oxygen atoms in total. The molecular weight excluding hydrogens is 299 g/mol. The van der Waals surface area contributed by atoms with Gasteiger partial charge in [0.05, 0.1) is 7.11 Å². The van der Waals surface area contributed by atoms with Crippen LogP contribution in [-0.2, 0) is 16.0 Å². The summed E-state index contributed by atoms with van der Waals surface area (Å²) < 4.78 is 18.1. The Bertz CT molecular complexity index is 704. The maximum Gasteiger partial charge on any atom is 0.313 e. The van der Waals surface area contributed by atoms with Crippen LogP contribution in [0.25, 0.3) is 0 Å². The number of hydrogen-bond donors (Lipinski definition) is 2. The number of hydrogen-bond acceptors (Lipinski definition) is 3. The second kappa shape index (κ2) is 7.93. The van der Waals surface area contributed by atoms with Crippen LogP contribution in [0.3, 0.4) is 0 Å². The number of methoxy groups -OCH3 is 1. The molecule has 0 fully saturated rings. The zero-order chi connectivity index (χ0) is 16.7. The SMILES string of the molecule is COc1cccc(CCNC(=O)C(=O)Nc2cccc(F)c2)c1. The number of amides is 2. The predicted octanol–water partition coefficient (Wildman–Crippen LogP) is 2.13. The molecule has 0 heterocycles. The Morgan fingerprint density at radius 1 is 1.09 bits per heavy atom. The van der Waals surface area contributed by atoms with Gasteiger partial charge < -0.3 is 15.4 Å². The number of nitrogens with one attached hydrogen (secondary N) is 2. The van der Waals surface area contributed by atoms with E-state index in [0.29, 0.717) is 13.0 Å². The molecule has 0 aliphatic rings. The van der Waals surface area contributed by atoms with Crippen molar-refractivity contribution in [1.82, 2.24) is 5.32 Å². The summed E-state index contributed by atoms with van der Waals surface area (Å²) in [5, 5.41) is 4.86. The maximum atomic E-state index is 13.0. The van der Waals surface area contributed by atoms with E-state index in [1.165, 1.54) is 18.2 Å². The van der Waals surface area contributed by atoms with Crippen LogP contribution in [0.2, 0.25) is 0 Å². The van der Waals surface area contributed by atoms with E-state index in [9.17, 15) is 14.0 Å². The van der Waals surface area contributed by atoms with E-state index < -0.39 is 17.6 Å². The minimum absolute atomic E-state index is 0.234. The van der Waals surface area contributed by atoms with Gasteiger partial charge in [0, 0.05) is 12.2 Å². The summed E-state index contributed by atoms with van der Waals surface area (Å²) in [6.45, 7) is 0.308. The number of ether oxygens (including phenoxy) is 1. The monoisotopic (exact) mass is 316 g/mol. The fourth-order valence-corrected chi connectivity index (χ4v) is 1.98. The van der Waals surface area contributed by atoms with Gasteiger partial charge in [-0.1, -0.05) is 18.2 Å². The molecule has 0 aliphatic carbocycles. The van der Waals surface area contributed by atoms with E-state index in [2.05, 4.69) is 10.6 Å². The van der Waals surface area contributed by atoms with Gasteiger partial charge in [0.2, 0.25) is 0 Å². The Morgan fingerprint density at radius 3 is 2.61 bits per heavy atom. The molecule has 2 rings (SSSR count). The summed E-state index contributed by atoms with van der Waals surface area (Å²) in [7, 11) is 1.58. The molecule has 6 heteroatoms. The molecule has 2 N–H and O–H groups in total. The third kappa shape index (κ3) is 5.10. The van der Waals surface area contributed by atoms with Gasteiger partial charge in [-0.25, -0.2) is 4.39 Å². The van der Waals surface area contributed by atoms with E-state index in [4.69, 9.17) is 4.74 Å². The molecule has 0 saturated carbocycles. The Labute approximate surface area is 133 Å². The van der Waals surface area contributed by atoms with Crippen molar-refractivity contribution in [2.75, 3.05) is 19.0 Å². The summed E-state index contributed by atoms with van der Waals surface area (Å²) in [6.07, 6.45) is 0.566. The molecule has 0 radical (unpaired) electrons. The van der Waals surface area contributed by atoms with Crippen molar-refractivity contribution in [3.63, 3.8) is 0 Å². The lowest BCUT2D eigenvalue weighted by atomic mass is 10.1. The van der Waals surface area contributed by atoms with Crippen LogP contribution in [0.4, 0.5) is 10.1 Å². The molecule has 120 valence electrons. The van der Waals surface area contributed by atoms with E-state index in [0.717, 1.165) is 17.4 Å². The van der Waals surface area contributed by atoms with Crippen molar-refractivity contribution in [2.24, 2.45) is 0 Å². The predicted molar refractivity (Wildman–Crippen MR) is 84.7 cm³/mol. The molecule has 0 bridgehead atoms. The molecule has 2 aromatic carbocycles. The minimum Gasteiger partial charge on any atom is -0.497 e. The average Bonchev–Trinajstić information content (AvgIpc) is 2.55. The molecule has 2 aromatic rings. The first-order valence-corrected chi connectivity index (χ1v) is 7.06. The highest BCUT2D eigenvalue weighted by Gasteiger charge is 2.13. The summed E-state index contributed by atoms with van der Waals surface area (Å²) in [5.41, 5.74) is 1.22. The molecule has 0 spiro atoms. The lowest BCUT2D eigenvalue weighted by Crippen LogP contribution is -2.36. The van der Waals surface area contributed by atoms with Crippen LogP contribution >= 0.6 is 0 Å². The van der Waals surface area contributed by atoms with Gasteiger partial charge in [0.1, 0.15) is 11.6 Å². The van der Waals surface area contributed by atoms with Gasteiger partial charge in [-0.05, 0) is 42.3 Å². The van der Waals surface area contributed by atoms with E-state index in [1.807, 2.05) is 24.3 Å². The zero-order valence-corrected chi connectivity index (χ0v) is 12.6. The van der Waals surface area contributed by atoms with Gasteiger partial charge in [-0.15, -0.1) is 0 Å². The Kier molecular flexibility index (Phi) is 5.68. The van der Waals surface area contributed by atoms with Crippen LogP contribution < -0.4 is 15.4 Å². The summed E-state index contributed by atoms with van der Waals surface area (Å²) in [5.74, 6) is -1.35. The molecule has 0 atom stereocenters. The van der Waals surface area contributed by atoms with Crippen molar-refractivity contribution in [3.05, 3.63) is 59.9 Å². The highest BCUT2D eigenvalue weighted by Crippen LogP contribution is 2.12. The molecule has 0 saturated heterocycles. The molecule has 2 amide bonds. The summed E-state index contributed by atoms with van der Waals surface area (Å²) in [6, 6.07) is 12.8. The molecule has 0 aliphatic heterocycles. The third-order valence-electron chi connectivity index (χ3n) is 3.12. The van der Waals surface area contributed by atoms with Crippen LogP contribution in [0.5, 0.6) is 5.75 Å². The van der Waals surface area contributed by atoms with Crippen molar-refractivity contribution < 1.29 is 18.7 Å². The first kappa shape index (κ1) is 16.5. The minimum atomic E-state index is -0.832. The highest BCUT2D eigenvalue weighted by molar-refractivity contribution is 6.39. The number of benzene rings is 2. The molecule has 23 heavy (non-hydrogen) atoms. The van der Waals surface area contributed by atoms with Gasteiger partial charge in [-0.3, -0.25) is 9.59 Å². The van der Waals surface area contributed by atoms with Crippen molar-refractivity contribution in [3.8, 4) is 5.75 Å². The Morgan fingerprint density at radius 2 is 1.87 bits per heavy atom. The number of rotatable bonds is 5. The van der Waals surface area contributed by atoms with Gasteiger partial charge in [-0.2, -0.15) is 0 Å². The Balaban J connectivity index is 1.81. The fourth-order valence-electron chi connectivity index (χ4n) is 1.98. The largest absolute Gasteiger partial charge is 0.497 e. The fraction of sp³-hybridized carbons (Fsp3) is 0.176. The van der Waals surface area contributed by atoms with Crippen molar-refractivity contribution >= 4 is 17.5 Å². The first-order chi connectivity index (χ1) is 11.1. The molecule has 0 aromatic heterocycles. The third-order valence-corrected chi connectivity index (χ3v) is 3.12. The quantitative estimate of drug-likeness (QED) is 0.831. The second-order valence-electron chi connectivity index (χ2n) is 4.82. The normalized spacial score (nSPS) is 10.0. The topological polar surface area (TPSA) is 67.4 Å². The number of carbonyl (C=O) groups is 2. The van der Waals surface area contributed by atoms with Gasteiger partial charge in [0.25, 0.3) is 0 Å². The van der Waals surface area contributed by atoms with Gasteiger partial charge in [0.15, 0.2) is 0 Å². The highest BCUT2D eigenvalue weighted by atomic mass is 19.1. The average molecular weight is 316 g/mol. The maximum absolute atomic E-state index is 13.0. The first-order valence-electron chi connectivity index (χ1n) is 7.06. The smallest absolute Gasteiger partial charge is 0.313 e. The number of anilines is 1. The van der Waals surface area contributed by atoms with Crippen LogP contribution in [0, 0.1) is 5.82 Å². The molecular formula is C17H17FN2O3. The Hall–Kier alpha value is -2.89. The summed E-state index contributed by atoms with van der Waals surface area (Å²) in [4.78, 5) is 23.4. The van der Waals surface area contributed by atoms with Crippen LogP contribution in [0.1, 0.15) is 5.56 Å². The molecule has 0 unspecified atom stereocenters. The van der Waals surface area contributed by atoms with E-state index >= 15 is 0 Å². The van der Waals surface area contributed by atoms with Gasteiger partial charge >= 0.3 is 11.8 Å². The van der Waals surface area contributed by atoms with Crippen LogP contribution in [0.15, 0.2) is 48.5 Å². The van der Waals surface area contributed by atoms with Crippen molar-refractivity contribution in [1.29, 1.82) is 0 Å². The zero-order valence-electron chi connectivity index (χ0n) is 12.6. The second-order valence-corrected chi connectivity index (χ2v) is 4.82. The number of halogens is 1. The van der Waals surface area contributed by atoms with E-state index in [-0.39, 0.29) is 5.69 Å². The number of carbonyl (C=O) groups excluding carboxylic acids is 2. The van der Waals surface area contributed by atoms with Crippen molar-refractivity contribution in [2.45, 2.75) is 6.42 Å². The lowest BCUT2D eigenvalue weighted by Gasteiger charge is -2.07. The summed E-state index contributed by atoms with van der Waals surface area (Å²) >= 11 is 0.